The van der Waals surface area contributed by atoms with Gasteiger partial charge in [0.15, 0.2) is 11.6 Å². The standard InChI is InChI=1S/C32H38FN5O3/c1-20(2)25-35-28(41-36-25)31-11-8-29(9-12-31,10-13-31)19-38(24(39)15-30-16-32(33,17-30)18-30)23-5-3-4-22(14-23)27-34-26(37-40-27)21-6-7-21/h3-5,14,20-21H,6-13,15-19H2,1-2H3. The van der Waals surface area contributed by atoms with Crippen LogP contribution in [0.1, 0.15) is 120 Å². The number of amides is 1. The molecule has 7 aliphatic rings. The molecule has 1 amide bonds. The zero-order valence-electron chi connectivity index (χ0n) is 24.0. The minimum absolute atomic E-state index is 0.0404. The van der Waals surface area contributed by atoms with Crippen LogP contribution >= 0.6 is 0 Å². The van der Waals surface area contributed by atoms with Crippen LogP contribution in [0.25, 0.3) is 11.5 Å². The maximum absolute atomic E-state index is 14.3. The second-order valence-electron chi connectivity index (χ2n) is 14.5. The van der Waals surface area contributed by atoms with Crippen molar-refractivity contribution in [1.82, 2.24) is 20.3 Å². The van der Waals surface area contributed by atoms with E-state index in [1.54, 1.807) is 0 Å². The first kappa shape index (κ1) is 25.6. The van der Waals surface area contributed by atoms with Crippen LogP contribution in [0.4, 0.5) is 10.1 Å². The van der Waals surface area contributed by atoms with Crippen LogP contribution in [0.3, 0.4) is 0 Å². The molecule has 0 aliphatic heterocycles. The van der Waals surface area contributed by atoms with Crippen LogP contribution in [0.15, 0.2) is 33.3 Å². The van der Waals surface area contributed by atoms with E-state index in [2.05, 4.69) is 29.1 Å². The highest BCUT2D eigenvalue weighted by molar-refractivity contribution is 5.94. The molecule has 7 fully saturated rings. The molecule has 0 radical (unpaired) electrons. The Morgan fingerprint density at radius 1 is 1.00 bits per heavy atom. The fraction of sp³-hybridized carbons (Fsp3) is 0.656. The highest BCUT2D eigenvalue weighted by Gasteiger charge is 2.69. The van der Waals surface area contributed by atoms with Gasteiger partial charge >= 0.3 is 0 Å². The Hall–Kier alpha value is -3.10. The number of hydrogen-bond donors (Lipinski definition) is 0. The van der Waals surface area contributed by atoms with Crippen molar-refractivity contribution in [3.05, 3.63) is 41.8 Å². The number of carbonyl (C=O) groups is 1. The zero-order valence-corrected chi connectivity index (χ0v) is 24.0. The van der Waals surface area contributed by atoms with E-state index in [9.17, 15) is 9.18 Å². The van der Waals surface area contributed by atoms with Gasteiger partial charge in [0.05, 0.1) is 0 Å². The molecule has 4 bridgehead atoms. The lowest BCUT2D eigenvalue weighted by atomic mass is 9.41. The van der Waals surface area contributed by atoms with E-state index in [1.165, 1.54) is 0 Å². The minimum Gasteiger partial charge on any atom is -0.339 e. The lowest BCUT2D eigenvalue weighted by Gasteiger charge is -2.66. The Labute approximate surface area is 239 Å². The molecule has 2 aromatic heterocycles. The maximum atomic E-state index is 14.3. The normalized spacial score (nSPS) is 33.5. The minimum atomic E-state index is -1.01. The van der Waals surface area contributed by atoms with Crippen LogP contribution in [-0.2, 0) is 10.2 Å². The molecular formula is C32H38FN5O3. The number of benzene rings is 1. The van der Waals surface area contributed by atoms with E-state index in [1.807, 2.05) is 29.2 Å². The lowest BCUT2D eigenvalue weighted by Crippen LogP contribution is -2.65. The van der Waals surface area contributed by atoms with Crippen molar-refractivity contribution in [3.63, 3.8) is 0 Å². The van der Waals surface area contributed by atoms with Crippen LogP contribution in [0.5, 0.6) is 0 Å². The van der Waals surface area contributed by atoms with Crippen molar-refractivity contribution in [2.24, 2.45) is 10.8 Å². The Bertz CT molecular complexity index is 1460. The summed E-state index contributed by atoms with van der Waals surface area (Å²) in [7, 11) is 0. The zero-order chi connectivity index (χ0) is 28.0. The summed E-state index contributed by atoms with van der Waals surface area (Å²) in [6, 6.07) is 7.96. The molecule has 9 heteroatoms. The van der Waals surface area contributed by atoms with E-state index in [-0.39, 0.29) is 28.1 Å². The molecule has 0 saturated heterocycles. The number of halogens is 1. The van der Waals surface area contributed by atoms with Gasteiger partial charge in [-0.2, -0.15) is 9.97 Å². The number of aromatic nitrogens is 4. The molecule has 8 nitrogen and oxygen atoms in total. The summed E-state index contributed by atoms with van der Waals surface area (Å²) in [6.07, 6.45) is 10.3. The molecule has 3 aromatic rings. The summed E-state index contributed by atoms with van der Waals surface area (Å²) < 4.78 is 25.7. The summed E-state index contributed by atoms with van der Waals surface area (Å²) >= 11 is 0. The number of rotatable bonds is 9. The number of hydrogen-bond acceptors (Lipinski definition) is 7. The summed E-state index contributed by atoms with van der Waals surface area (Å²) in [4.78, 5) is 25.5. The lowest BCUT2D eigenvalue weighted by molar-refractivity contribution is -0.215. The molecule has 0 spiro atoms. The molecule has 0 N–H and O–H groups in total. The smallest absolute Gasteiger partial charge is 0.258 e. The maximum Gasteiger partial charge on any atom is 0.258 e. The number of nitrogens with zero attached hydrogens (tertiary/aromatic N) is 5. The first-order chi connectivity index (χ1) is 19.7. The number of carbonyl (C=O) groups excluding carboxylic acids is 1. The van der Waals surface area contributed by atoms with Crippen molar-refractivity contribution in [2.75, 3.05) is 11.4 Å². The van der Waals surface area contributed by atoms with Gasteiger partial charge in [0.2, 0.25) is 11.8 Å². The third-order valence-electron chi connectivity index (χ3n) is 11.0. The van der Waals surface area contributed by atoms with Crippen molar-refractivity contribution < 1.29 is 18.2 Å². The molecule has 10 rings (SSSR count). The summed E-state index contributed by atoms with van der Waals surface area (Å²) in [5.74, 6) is 3.60. The molecule has 0 unspecified atom stereocenters. The Morgan fingerprint density at radius 3 is 2.37 bits per heavy atom. The summed E-state index contributed by atoms with van der Waals surface area (Å²) in [5.41, 5.74) is 0.519. The third-order valence-corrected chi connectivity index (χ3v) is 11.0. The first-order valence-corrected chi connectivity index (χ1v) is 15.4. The van der Waals surface area contributed by atoms with Gasteiger partial charge in [-0.3, -0.25) is 4.79 Å². The average Bonchev–Trinajstić information content (AvgIpc) is 3.44. The van der Waals surface area contributed by atoms with Crippen molar-refractivity contribution in [3.8, 4) is 11.5 Å². The van der Waals surface area contributed by atoms with Crippen LogP contribution in [0.2, 0.25) is 0 Å². The van der Waals surface area contributed by atoms with Crippen LogP contribution in [-0.4, -0.2) is 38.4 Å². The van der Waals surface area contributed by atoms with Crippen molar-refractivity contribution in [2.45, 2.75) is 114 Å². The van der Waals surface area contributed by atoms with Gasteiger partial charge in [-0.05, 0) is 99.7 Å². The predicted molar refractivity (Wildman–Crippen MR) is 149 cm³/mol. The van der Waals surface area contributed by atoms with Gasteiger partial charge < -0.3 is 13.9 Å². The van der Waals surface area contributed by atoms with Crippen molar-refractivity contribution >= 4 is 11.6 Å². The number of fused-ring (bicyclic) bond motifs is 3. The fourth-order valence-electron chi connectivity index (χ4n) is 8.30. The summed E-state index contributed by atoms with van der Waals surface area (Å²) in [6.45, 7) is 4.84. The third kappa shape index (κ3) is 4.24. The van der Waals surface area contributed by atoms with Gasteiger partial charge in [-0.25, -0.2) is 4.39 Å². The molecule has 1 aromatic carbocycles. The van der Waals surface area contributed by atoms with Gasteiger partial charge in [0, 0.05) is 41.5 Å². The molecular weight excluding hydrogens is 521 g/mol. The number of alkyl halides is 1. The van der Waals surface area contributed by atoms with Crippen LogP contribution < -0.4 is 4.90 Å². The molecule has 7 aliphatic carbocycles. The second kappa shape index (κ2) is 8.71. The molecule has 216 valence electrons. The Kier molecular flexibility index (Phi) is 5.44. The molecule has 0 atom stereocenters. The summed E-state index contributed by atoms with van der Waals surface area (Å²) in [5, 5.41) is 8.44. The topological polar surface area (TPSA) is 98.2 Å². The van der Waals surface area contributed by atoms with E-state index < -0.39 is 5.67 Å². The Balaban J connectivity index is 1.05. The highest BCUT2D eigenvalue weighted by atomic mass is 19.1. The SMILES string of the molecule is CC(C)c1noc(C23CCC(CN(C(=O)CC45CC(F)(C4)C5)c4cccc(-c5nc(C6CC6)no5)c4)(CC2)CC3)n1. The van der Waals surface area contributed by atoms with Crippen molar-refractivity contribution in [1.29, 1.82) is 0 Å². The quantitative estimate of drug-likeness (QED) is 0.278. The average molecular weight is 560 g/mol. The predicted octanol–water partition coefficient (Wildman–Crippen LogP) is 7.03. The first-order valence-electron chi connectivity index (χ1n) is 15.4. The molecule has 41 heavy (non-hydrogen) atoms. The second-order valence-corrected chi connectivity index (χ2v) is 14.5. The van der Waals surface area contributed by atoms with E-state index in [0.29, 0.717) is 44.0 Å². The Morgan fingerprint density at radius 2 is 1.73 bits per heavy atom. The van der Waals surface area contributed by atoms with E-state index in [0.717, 1.165) is 80.2 Å². The van der Waals surface area contributed by atoms with Gasteiger partial charge in [-0.15, -0.1) is 0 Å². The molecule has 2 heterocycles. The van der Waals surface area contributed by atoms with Gasteiger partial charge in [0.1, 0.15) is 5.67 Å². The highest BCUT2D eigenvalue weighted by Crippen LogP contribution is 2.71. The van der Waals surface area contributed by atoms with Gasteiger partial charge in [-0.1, -0.05) is 30.2 Å². The molecule has 7 saturated carbocycles. The van der Waals surface area contributed by atoms with E-state index in [4.69, 9.17) is 14.0 Å². The van der Waals surface area contributed by atoms with Gasteiger partial charge in [0.25, 0.3) is 5.89 Å². The number of anilines is 1. The fourth-order valence-corrected chi connectivity index (χ4v) is 8.30. The van der Waals surface area contributed by atoms with E-state index >= 15 is 0 Å². The van der Waals surface area contributed by atoms with Crippen LogP contribution in [0, 0.1) is 10.8 Å². The largest absolute Gasteiger partial charge is 0.339 e. The monoisotopic (exact) mass is 559 g/mol.